The number of ether oxygens (including phenoxy) is 1. The van der Waals surface area contributed by atoms with Crippen LogP contribution >= 0.6 is 0 Å². The highest BCUT2D eigenvalue weighted by atomic mass is 32.2. The molecule has 1 aliphatic heterocycles. The van der Waals surface area contributed by atoms with Gasteiger partial charge in [-0.1, -0.05) is 6.07 Å². The van der Waals surface area contributed by atoms with Crippen molar-refractivity contribution in [2.24, 2.45) is 0 Å². The number of nitrogens with one attached hydrogen (secondary N) is 1. The van der Waals surface area contributed by atoms with Gasteiger partial charge in [-0.2, -0.15) is 0 Å². The van der Waals surface area contributed by atoms with Gasteiger partial charge < -0.3 is 15.0 Å². The van der Waals surface area contributed by atoms with E-state index in [1.54, 1.807) is 0 Å². The van der Waals surface area contributed by atoms with Crippen LogP contribution in [-0.2, 0) is 14.6 Å². The molecule has 0 bridgehead atoms. The van der Waals surface area contributed by atoms with Gasteiger partial charge in [0.2, 0.25) is 0 Å². The van der Waals surface area contributed by atoms with Crippen LogP contribution in [0.25, 0.3) is 0 Å². The molecule has 0 atom stereocenters. The van der Waals surface area contributed by atoms with E-state index in [9.17, 15) is 18.5 Å². The molecule has 0 unspecified atom stereocenters. The minimum atomic E-state index is -3.69. The van der Waals surface area contributed by atoms with Crippen molar-refractivity contribution in [1.82, 2.24) is 4.90 Å². The highest BCUT2D eigenvalue weighted by Crippen LogP contribution is 2.33. The summed E-state index contributed by atoms with van der Waals surface area (Å²) in [5.74, 6) is 0. The molecule has 24 heavy (non-hydrogen) atoms. The van der Waals surface area contributed by atoms with E-state index in [1.165, 1.54) is 18.2 Å². The minimum Gasteiger partial charge on any atom is -0.381 e. The largest absolute Gasteiger partial charge is 0.381 e. The second-order valence-electron chi connectivity index (χ2n) is 6.27. The molecule has 0 saturated carbocycles. The molecule has 0 aromatic heterocycles. The summed E-state index contributed by atoms with van der Waals surface area (Å²) >= 11 is 0. The first-order valence-electron chi connectivity index (χ1n) is 7.64. The van der Waals surface area contributed by atoms with Crippen LogP contribution in [0.5, 0.6) is 0 Å². The molecule has 2 rings (SSSR count). The first-order valence-corrected chi connectivity index (χ1v) is 9.53. The maximum Gasteiger partial charge on any atom is 0.310 e. The Balaban J connectivity index is 2.34. The second-order valence-corrected chi connectivity index (χ2v) is 8.25. The van der Waals surface area contributed by atoms with E-state index in [0.29, 0.717) is 19.8 Å². The number of nitrogens with zero attached hydrogens (tertiary/aromatic N) is 2. The normalized spacial score (nSPS) is 17.7. The van der Waals surface area contributed by atoms with Gasteiger partial charge in [0.15, 0.2) is 9.84 Å². The van der Waals surface area contributed by atoms with Gasteiger partial charge in [0.25, 0.3) is 0 Å². The third-order valence-corrected chi connectivity index (χ3v) is 5.69. The standard InChI is InChI=1S/C15H23N3O5S/c1-17(2)15(7-9-23-10-8-15)11-16-12-5-4-6-13(24(3,21)22)14(12)18(19)20/h4-6,16H,7-11H2,1-3H3. The van der Waals surface area contributed by atoms with Gasteiger partial charge in [0, 0.05) is 31.6 Å². The van der Waals surface area contributed by atoms with E-state index in [-0.39, 0.29) is 16.1 Å². The smallest absolute Gasteiger partial charge is 0.310 e. The molecule has 1 heterocycles. The Bertz CT molecular complexity index is 712. The molecule has 8 nitrogen and oxygen atoms in total. The third-order valence-electron chi connectivity index (χ3n) is 4.56. The Morgan fingerprint density at radius 1 is 1.33 bits per heavy atom. The van der Waals surface area contributed by atoms with Crippen LogP contribution in [0.4, 0.5) is 11.4 Å². The van der Waals surface area contributed by atoms with Crippen molar-refractivity contribution in [3.8, 4) is 0 Å². The lowest BCUT2D eigenvalue weighted by Crippen LogP contribution is -2.53. The molecular formula is C15H23N3O5S. The predicted molar refractivity (Wildman–Crippen MR) is 91.2 cm³/mol. The molecule has 0 spiro atoms. The lowest BCUT2D eigenvalue weighted by molar-refractivity contribution is -0.386. The van der Waals surface area contributed by atoms with Crippen molar-refractivity contribution < 1.29 is 18.1 Å². The van der Waals surface area contributed by atoms with Crippen LogP contribution < -0.4 is 5.32 Å². The molecule has 1 saturated heterocycles. The summed E-state index contributed by atoms with van der Waals surface area (Å²) < 4.78 is 29.1. The Morgan fingerprint density at radius 3 is 2.46 bits per heavy atom. The van der Waals surface area contributed by atoms with Gasteiger partial charge in [0.1, 0.15) is 10.6 Å². The summed E-state index contributed by atoms with van der Waals surface area (Å²) in [6.07, 6.45) is 2.57. The zero-order valence-corrected chi connectivity index (χ0v) is 14.9. The van der Waals surface area contributed by atoms with Crippen molar-refractivity contribution in [3.63, 3.8) is 0 Å². The zero-order valence-electron chi connectivity index (χ0n) is 14.1. The van der Waals surface area contributed by atoms with Crippen LogP contribution in [0.1, 0.15) is 12.8 Å². The van der Waals surface area contributed by atoms with Gasteiger partial charge in [-0.05, 0) is 39.1 Å². The van der Waals surface area contributed by atoms with Gasteiger partial charge >= 0.3 is 5.69 Å². The Labute approximate surface area is 141 Å². The number of anilines is 1. The van der Waals surface area contributed by atoms with Crippen molar-refractivity contribution in [3.05, 3.63) is 28.3 Å². The lowest BCUT2D eigenvalue weighted by atomic mass is 9.88. The molecule has 134 valence electrons. The average molecular weight is 357 g/mol. The van der Waals surface area contributed by atoms with Crippen LogP contribution in [0.15, 0.2) is 23.1 Å². The SMILES string of the molecule is CN(C)C1(CNc2cccc(S(C)(=O)=O)c2[N+](=O)[O-])CCOCC1. The fourth-order valence-corrected chi connectivity index (χ4v) is 3.81. The number of rotatable bonds is 6. The Hall–Kier alpha value is -1.71. The fourth-order valence-electron chi connectivity index (χ4n) is 2.95. The average Bonchev–Trinajstić information content (AvgIpc) is 2.52. The number of hydrogen-bond donors (Lipinski definition) is 1. The van der Waals surface area contributed by atoms with E-state index >= 15 is 0 Å². The van der Waals surface area contributed by atoms with E-state index in [2.05, 4.69) is 10.2 Å². The van der Waals surface area contributed by atoms with Crippen LogP contribution in [-0.4, -0.2) is 63.9 Å². The Morgan fingerprint density at radius 2 is 1.96 bits per heavy atom. The van der Waals surface area contributed by atoms with Crippen LogP contribution in [0, 0.1) is 10.1 Å². The summed E-state index contributed by atoms with van der Waals surface area (Å²) in [5.41, 5.74) is -0.371. The Kier molecular flexibility index (Phi) is 5.46. The summed E-state index contributed by atoms with van der Waals surface area (Å²) in [4.78, 5) is 12.6. The molecule has 1 aromatic carbocycles. The molecule has 1 fully saturated rings. The maximum absolute atomic E-state index is 11.8. The topological polar surface area (TPSA) is 102 Å². The first kappa shape index (κ1) is 18.6. The molecule has 0 amide bonds. The number of nitro benzene ring substituents is 1. The quantitative estimate of drug-likeness (QED) is 0.608. The maximum atomic E-state index is 11.8. The number of para-hydroxylation sites is 1. The molecular weight excluding hydrogens is 334 g/mol. The molecule has 1 aromatic rings. The van der Waals surface area contributed by atoms with Crippen LogP contribution in [0.2, 0.25) is 0 Å². The van der Waals surface area contributed by atoms with Crippen molar-refractivity contribution >= 4 is 21.2 Å². The monoisotopic (exact) mass is 357 g/mol. The molecule has 1 aliphatic rings. The minimum absolute atomic E-state index is 0.187. The van der Waals surface area contributed by atoms with Crippen molar-refractivity contribution in [2.45, 2.75) is 23.3 Å². The number of hydrogen-bond acceptors (Lipinski definition) is 7. The molecule has 1 N–H and O–H groups in total. The number of nitro groups is 1. The van der Waals surface area contributed by atoms with E-state index in [1.807, 2.05) is 14.1 Å². The number of benzene rings is 1. The van der Waals surface area contributed by atoms with Crippen LogP contribution in [0.3, 0.4) is 0 Å². The highest BCUT2D eigenvalue weighted by molar-refractivity contribution is 7.90. The summed E-state index contributed by atoms with van der Waals surface area (Å²) in [6, 6.07) is 4.31. The van der Waals surface area contributed by atoms with Gasteiger partial charge in [0.05, 0.1) is 4.92 Å². The lowest BCUT2D eigenvalue weighted by Gasteiger charge is -2.43. The highest BCUT2D eigenvalue weighted by Gasteiger charge is 2.35. The summed E-state index contributed by atoms with van der Waals surface area (Å²) in [6.45, 7) is 1.73. The predicted octanol–water partition coefficient (Wildman–Crippen LogP) is 1.52. The summed E-state index contributed by atoms with van der Waals surface area (Å²) in [7, 11) is 0.245. The first-order chi connectivity index (χ1) is 11.2. The second kappa shape index (κ2) is 7.04. The zero-order chi connectivity index (χ0) is 18.0. The molecule has 9 heteroatoms. The van der Waals surface area contributed by atoms with E-state index < -0.39 is 20.4 Å². The van der Waals surface area contributed by atoms with E-state index in [4.69, 9.17) is 4.74 Å². The number of likely N-dealkylation sites (N-methyl/N-ethyl adjacent to an activating group) is 1. The number of sulfone groups is 1. The third kappa shape index (κ3) is 3.85. The van der Waals surface area contributed by atoms with Crippen molar-refractivity contribution in [1.29, 1.82) is 0 Å². The summed E-state index contributed by atoms with van der Waals surface area (Å²) in [5, 5.41) is 14.5. The van der Waals surface area contributed by atoms with E-state index in [0.717, 1.165) is 19.1 Å². The van der Waals surface area contributed by atoms with Gasteiger partial charge in [-0.15, -0.1) is 0 Å². The fraction of sp³-hybridized carbons (Fsp3) is 0.600. The van der Waals surface area contributed by atoms with Gasteiger partial charge in [-0.25, -0.2) is 8.42 Å². The van der Waals surface area contributed by atoms with Crippen molar-refractivity contribution in [2.75, 3.05) is 45.4 Å². The molecule has 0 radical (unpaired) electrons. The molecule has 0 aliphatic carbocycles. The van der Waals surface area contributed by atoms with Gasteiger partial charge in [-0.3, -0.25) is 10.1 Å².